The molecule has 0 saturated carbocycles. The monoisotopic (exact) mass is 281 g/mol. The molecule has 6 heteroatoms. The Balaban J connectivity index is 1.88. The van der Waals surface area contributed by atoms with Gasteiger partial charge in [-0.3, -0.25) is 4.79 Å². The lowest BCUT2D eigenvalue weighted by atomic mass is 10.1. The minimum Gasteiger partial charge on any atom is -0.465 e. The molecule has 1 aliphatic heterocycles. The Morgan fingerprint density at radius 3 is 2.95 bits per heavy atom. The lowest BCUT2D eigenvalue weighted by Gasteiger charge is -2.16. The highest BCUT2D eigenvalue weighted by molar-refractivity contribution is 5.75. The predicted molar refractivity (Wildman–Crippen MR) is 71.6 cm³/mol. The number of hydrogen-bond donors (Lipinski definition) is 2. The number of benzene rings is 1. The maximum absolute atomic E-state index is 11.4. The molecule has 1 heterocycles. The fourth-order valence-corrected chi connectivity index (χ4v) is 1.88. The summed E-state index contributed by atoms with van der Waals surface area (Å²) in [6.45, 7) is 4.25. The van der Waals surface area contributed by atoms with Crippen LogP contribution in [0.3, 0.4) is 0 Å². The molecule has 0 radical (unpaired) electrons. The largest absolute Gasteiger partial charge is 0.465 e. The third kappa shape index (κ3) is 3.40. The van der Waals surface area contributed by atoms with Gasteiger partial charge in [0.15, 0.2) is 11.5 Å². The summed E-state index contributed by atoms with van der Waals surface area (Å²) in [7, 11) is 0. The number of carbonyl (C=O) groups excluding carboxylic acids is 1. The highest BCUT2D eigenvalue weighted by Gasteiger charge is 2.18. The molecule has 0 saturated heterocycles. The minimum atomic E-state index is -0.735. The van der Waals surface area contributed by atoms with Gasteiger partial charge in [0, 0.05) is 6.54 Å². The molecule has 1 aromatic carbocycles. The summed E-state index contributed by atoms with van der Waals surface area (Å²) < 4.78 is 15.3. The van der Waals surface area contributed by atoms with Crippen molar-refractivity contribution in [1.29, 1.82) is 0 Å². The summed E-state index contributed by atoms with van der Waals surface area (Å²) in [4.78, 5) is 11.4. The van der Waals surface area contributed by atoms with E-state index >= 15 is 0 Å². The SMILES string of the molecule is CCOC(=O)C(C)NCC(O)c1ccc2c(c1)OCO2. The first kappa shape index (κ1) is 14.6. The number of fused-ring (bicyclic) bond motifs is 1. The molecule has 0 aliphatic carbocycles. The summed E-state index contributed by atoms with van der Waals surface area (Å²) in [5.74, 6) is 0.971. The molecule has 20 heavy (non-hydrogen) atoms. The lowest BCUT2D eigenvalue weighted by molar-refractivity contribution is -0.145. The summed E-state index contributed by atoms with van der Waals surface area (Å²) in [6, 6.07) is 4.81. The average Bonchev–Trinajstić information content (AvgIpc) is 2.91. The second-order valence-corrected chi connectivity index (χ2v) is 4.51. The molecule has 2 rings (SSSR count). The van der Waals surface area contributed by atoms with E-state index in [1.165, 1.54) is 0 Å². The second-order valence-electron chi connectivity index (χ2n) is 4.51. The Morgan fingerprint density at radius 2 is 2.20 bits per heavy atom. The number of aliphatic hydroxyl groups excluding tert-OH is 1. The van der Waals surface area contributed by atoms with E-state index in [9.17, 15) is 9.90 Å². The maximum Gasteiger partial charge on any atom is 0.322 e. The van der Waals surface area contributed by atoms with Crippen LogP contribution in [0.2, 0.25) is 0 Å². The number of ether oxygens (including phenoxy) is 3. The molecule has 0 aromatic heterocycles. The van der Waals surface area contributed by atoms with Gasteiger partial charge in [-0.1, -0.05) is 6.07 Å². The Hall–Kier alpha value is -1.79. The average molecular weight is 281 g/mol. The maximum atomic E-state index is 11.4. The molecular formula is C14H19NO5. The van der Waals surface area contributed by atoms with Crippen molar-refractivity contribution in [2.45, 2.75) is 26.0 Å². The van der Waals surface area contributed by atoms with Crippen molar-refractivity contribution in [3.05, 3.63) is 23.8 Å². The van der Waals surface area contributed by atoms with Crippen molar-refractivity contribution in [3.8, 4) is 11.5 Å². The Kier molecular flexibility index (Phi) is 4.81. The van der Waals surface area contributed by atoms with Crippen LogP contribution in [0.5, 0.6) is 11.5 Å². The Labute approximate surface area is 117 Å². The number of esters is 1. The summed E-state index contributed by atoms with van der Waals surface area (Å²) in [5, 5.41) is 13.0. The van der Waals surface area contributed by atoms with E-state index in [2.05, 4.69) is 5.32 Å². The van der Waals surface area contributed by atoms with Gasteiger partial charge >= 0.3 is 5.97 Å². The fourth-order valence-electron chi connectivity index (χ4n) is 1.88. The number of nitrogens with one attached hydrogen (secondary N) is 1. The van der Waals surface area contributed by atoms with Crippen LogP contribution in [0, 0.1) is 0 Å². The molecule has 0 bridgehead atoms. The minimum absolute atomic E-state index is 0.201. The molecule has 2 atom stereocenters. The third-order valence-electron chi connectivity index (χ3n) is 3.04. The number of aliphatic hydroxyl groups is 1. The smallest absolute Gasteiger partial charge is 0.322 e. The molecule has 0 fully saturated rings. The van der Waals surface area contributed by atoms with E-state index in [-0.39, 0.29) is 19.3 Å². The predicted octanol–water partition coefficient (Wildman–Crippen LogP) is 0.990. The van der Waals surface area contributed by atoms with Gasteiger partial charge in [0.05, 0.1) is 12.7 Å². The molecule has 0 spiro atoms. The molecular weight excluding hydrogens is 262 g/mol. The molecule has 6 nitrogen and oxygen atoms in total. The van der Waals surface area contributed by atoms with Crippen LogP contribution in [0.4, 0.5) is 0 Å². The quantitative estimate of drug-likeness (QED) is 0.757. The molecule has 110 valence electrons. The zero-order chi connectivity index (χ0) is 14.5. The van der Waals surface area contributed by atoms with Crippen LogP contribution in [0.1, 0.15) is 25.5 Å². The molecule has 1 aliphatic rings. The highest BCUT2D eigenvalue weighted by atomic mass is 16.7. The first-order valence-corrected chi connectivity index (χ1v) is 6.59. The Bertz CT molecular complexity index is 477. The van der Waals surface area contributed by atoms with Gasteiger partial charge in [-0.05, 0) is 31.5 Å². The molecule has 0 amide bonds. The van der Waals surface area contributed by atoms with Gasteiger partial charge in [0.2, 0.25) is 6.79 Å². The van der Waals surface area contributed by atoms with Crippen LogP contribution in [0.15, 0.2) is 18.2 Å². The molecule has 2 N–H and O–H groups in total. The van der Waals surface area contributed by atoms with Crippen molar-refractivity contribution in [3.63, 3.8) is 0 Å². The summed E-state index contributed by atoms with van der Waals surface area (Å²) >= 11 is 0. The van der Waals surface area contributed by atoms with E-state index in [0.29, 0.717) is 23.7 Å². The fraction of sp³-hybridized carbons (Fsp3) is 0.500. The first-order valence-electron chi connectivity index (χ1n) is 6.59. The molecule has 1 aromatic rings. The zero-order valence-electron chi connectivity index (χ0n) is 11.6. The Morgan fingerprint density at radius 1 is 1.45 bits per heavy atom. The van der Waals surface area contributed by atoms with E-state index in [1.54, 1.807) is 32.0 Å². The van der Waals surface area contributed by atoms with E-state index in [1.807, 2.05) is 0 Å². The number of rotatable bonds is 6. The van der Waals surface area contributed by atoms with E-state index in [4.69, 9.17) is 14.2 Å². The van der Waals surface area contributed by atoms with E-state index < -0.39 is 12.1 Å². The number of carbonyl (C=O) groups is 1. The van der Waals surface area contributed by atoms with Crippen LogP contribution >= 0.6 is 0 Å². The van der Waals surface area contributed by atoms with Gasteiger partial charge in [-0.25, -0.2) is 0 Å². The second kappa shape index (κ2) is 6.58. The van der Waals surface area contributed by atoms with Gasteiger partial charge in [-0.15, -0.1) is 0 Å². The van der Waals surface area contributed by atoms with Crippen LogP contribution < -0.4 is 14.8 Å². The number of hydrogen-bond acceptors (Lipinski definition) is 6. The van der Waals surface area contributed by atoms with Crippen molar-refractivity contribution < 1.29 is 24.1 Å². The van der Waals surface area contributed by atoms with Crippen molar-refractivity contribution >= 4 is 5.97 Å². The van der Waals surface area contributed by atoms with Gasteiger partial charge in [0.1, 0.15) is 6.04 Å². The first-order chi connectivity index (χ1) is 9.61. The van der Waals surface area contributed by atoms with Crippen LogP contribution in [-0.4, -0.2) is 37.1 Å². The standard InChI is InChI=1S/C14H19NO5/c1-3-18-14(17)9(2)15-7-11(16)10-4-5-12-13(6-10)20-8-19-12/h4-6,9,11,15-16H,3,7-8H2,1-2H3. The van der Waals surface area contributed by atoms with Crippen LogP contribution in [-0.2, 0) is 9.53 Å². The summed E-state index contributed by atoms with van der Waals surface area (Å²) in [5.41, 5.74) is 0.706. The normalized spacial score (nSPS) is 15.8. The summed E-state index contributed by atoms with van der Waals surface area (Å²) in [6.07, 6.45) is -0.735. The molecule has 2 unspecified atom stereocenters. The van der Waals surface area contributed by atoms with Crippen molar-refractivity contribution in [2.24, 2.45) is 0 Å². The zero-order valence-corrected chi connectivity index (χ0v) is 11.6. The van der Waals surface area contributed by atoms with E-state index in [0.717, 1.165) is 0 Å². The van der Waals surface area contributed by atoms with Crippen LogP contribution in [0.25, 0.3) is 0 Å². The van der Waals surface area contributed by atoms with Gasteiger partial charge in [0.25, 0.3) is 0 Å². The highest BCUT2D eigenvalue weighted by Crippen LogP contribution is 2.34. The topological polar surface area (TPSA) is 77.0 Å². The van der Waals surface area contributed by atoms with Crippen molar-refractivity contribution in [2.75, 3.05) is 19.9 Å². The third-order valence-corrected chi connectivity index (χ3v) is 3.04. The van der Waals surface area contributed by atoms with Gasteiger partial charge in [-0.2, -0.15) is 0 Å². The lowest BCUT2D eigenvalue weighted by Crippen LogP contribution is -2.37. The van der Waals surface area contributed by atoms with Gasteiger partial charge < -0.3 is 24.6 Å². The van der Waals surface area contributed by atoms with Crippen molar-refractivity contribution in [1.82, 2.24) is 5.32 Å².